The van der Waals surface area contributed by atoms with Gasteiger partial charge in [-0.15, -0.1) is 0 Å². The van der Waals surface area contributed by atoms with Crippen molar-refractivity contribution in [3.8, 4) is 0 Å². The van der Waals surface area contributed by atoms with E-state index in [9.17, 15) is 9.50 Å². The van der Waals surface area contributed by atoms with Gasteiger partial charge < -0.3 is 10.8 Å². The van der Waals surface area contributed by atoms with Crippen molar-refractivity contribution >= 4 is 0 Å². The maximum absolute atomic E-state index is 12.6. The number of nitrogens with two attached hydrogens (primary N) is 1. The Morgan fingerprint density at radius 1 is 1.36 bits per heavy atom. The Bertz CT molecular complexity index is 280. The monoisotopic (exact) mass is 197 g/mol. The molecule has 0 bridgehead atoms. The van der Waals surface area contributed by atoms with Crippen LogP contribution in [0.2, 0.25) is 0 Å². The molecule has 3 N–H and O–H groups in total. The van der Waals surface area contributed by atoms with E-state index in [0.29, 0.717) is 12.8 Å². The summed E-state index contributed by atoms with van der Waals surface area (Å²) in [5.41, 5.74) is 5.51. The van der Waals surface area contributed by atoms with Crippen molar-refractivity contribution in [3.63, 3.8) is 0 Å². The third-order valence-electron chi connectivity index (χ3n) is 2.48. The Labute approximate surface area is 83.6 Å². The van der Waals surface area contributed by atoms with E-state index in [1.54, 1.807) is 12.1 Å². The normalized spacial score (nSPS) is 15.1. The first kappa shape index (κ1) is 11.1. The van der Waals surface area contributed by atoms with Gasteiger partial charge in [-0.05, 0) is 24.1 Å². The Hall–Kier alpha value is -0.930. The topological polar surface area (TPSA) is 46.2 Å². The fourth-order valence-corrected chi connectivity index (χ4v) is 1.32. The van der Waals surface area contributed by atoms with Gasteiger partial charge in [0.25, 0.3) is 0 Å². The summed E-state index contributed by atoms with van der Waals surface area (Å²) >= 11 is 0. The van der Waals surface area contributed by atoms with Crippen LogP contribution in [-0.2, 0) is 6.42 Å². The number of hydrogen-bond acceptors (Lipinski definition) is 2. The molecule has 0 fully saturated rings. The third kappa shape index (κ3) is 2.79. The van der Waals surface area contributed by atoms with Gasteiger partial charge in [-0.2, -0.15) is 0 Å². The molecule has 0 aliphatic heterocycles. The molecule has 0 spiro atoms. The quantitative estimate of drug-likeness (QED) is 0.767. The molecule has 0 saturated carbocycles. The SMILES string of the molecule is CCC(O)(CN)Cc1ccc(F)cc1. The van der Waals surface area contributed by atoms with Gasteiger partial charge in [-0.25, -0.2) is 4.39 Å². The van der Waals surface area contributed by atoms with E-state index < -0.39 is 5.60 Å². The molecule has 0 aliphatic rings. The van der Waals surface area contributed by atoms with Gasteiger partial charge in [0.1, 0.15) is 5.82 Å². The van der Waals surface area contributed by atoms with Crippen LogP contribution in [0.15, 0.2) is 24.3 Å². The number of benzene rings is 1. The number of aliphatic hydroxyl groups is 1. The van der Waals surface area contributed by atoms with Gasteiger partial charge in [0.2, 0.25) is 0 Å². The minimum absolute atomic E-state index is 0.223. The van der Waals surface area contributed by atoms with Crippen LogP contribution in [0.25, 0.3) is 0 Å². The zero-order chi connectivity index (χ0) is 10.6. The van der Waals surface area contributed by atoms with E-state index >= 15 is 0 Å². The van der Waals surface area contributed by atoms with Crippen molar-refractivity contribution in [1.82, 2.24) is 0 Å². The minimum Gasteiger partial charge on any atom is -0.388 e. The highest BCUT2D eigenvalue weighted by atomic mass is 19.1. The highest BCUT2D eigenvalue weighted by molar-refractivity contribution is 5.18. The van der Waals surface area contributed by atoms with E-state index in [2.05, 4.69) is 0 Å². The summed E-state index contributed by atoms with van der Waals surface area (Å²) in [6, 6.07) is 6.13. The fourth-order valence-electron chi connectivity index (χ4n) is 1.32. The van der Waals surface area contributed by atoms with Gasteiger partial charge in [0.15, 0.2) is 0 Å². The van der Waals surface area contributed by atoms with E-state index in [1.165, 1.54) is 12.1 Å². The number of halogens is 1. The zero-order valence-electron chi connectivity index (χ0n) is 8.33. The smallest absolute Gasteiger partial charge is 0.123 e. The number of hydrogen-bond donors (Lipinski definition) is 2. The van der Waals surface area contributed by atoms with Gasteiger partial charge in [0, 0.05) is 13.0 Å². The van der Waals surface area contributed by atoms with E-state index in [4.69, 9.17) is 5.73 Å². The molecule has 14 heavy (non-hydrogen) atoms. The Balaban J connectivity index is 2.72. The van der Waals surface area contributed by atoms with Crippen molar-refractivity contribution in [2.24, 2.45) is 5.73 Å². The second-order valence-electron chi connectivity index (χ2n) is 3.59. The largest absolute Gasteiger partial charge is 0.388 e. The lowest BCUT2D eigenvalue weighted by atomic mass is 9.92. The predicted molar refractivity (Wildman–Crippen MR) is 54.4 cm³/mol. The van der Waals surface area contributed by atoms with Gasteiger partial charge in [-0.1, -0.05) is 19.1 Å². The second-order valence-corrected chi connectivity index (χ2v) is 3.59. The van der Waals surface area contributed by atoms with Crippen molar-refractivity contribution < 1.29 is 9.50 Å². The zero-order valence-corrected chi connectivity index (χ0v) is 8.33. The molecule has 1 atom stereocenters. The third-order valence-corrected chi connectivity index (χ3v) is 2.48. The van der Waals surface area contributed by atoms with Gasteiger partial charge >= 0.3 is 0 Å². The van der Waals surface area contributed by atoms with Crippen LogP contribution >= 0.6 is 0 Å². The molecule has 2 nitrogen and oxygen atoms in total. The van der Waals surface area contributed by atoms with Crippen molar-refractivity contribution in [2.75, 3.05) is 6.54 Å². The molecule has 0 aromatic heterocycles. The minimum atomic E-state index is -0.863. The standard InChI is InChI=1S/C11H16FNO/c1-2-11(14,8-13)7-9-3-5-10(12)6-4-9/h3-6,14H,2,7-8,13H2,1H3. The van der Waals surface area contributed by atoms with E-state index in [-0.39, 0.29) is 12.4 Å². The van der Waals surface area contributed by atoms with Crippen molar-refractivity contribution in [3.05, 3.63) is 35.6 Å². The van der Waals surface area contributed by atoms with Crippen LogP contribution in [0.1, 0.15) is 18.9 Å². The molecule has 0 amide bonds. The lowest BCUT2D eigenvalue weighted by Gasteiger charge is -2.24. The summed E-state index contributed by atoms with van der Waals surface area (Å²) in [4.78, 5) is 0. The number of rotatable bonds is 4. The Morgan fingerprint density at radius 3 is 2.36 bits per heavy atom. The first-order chi connectivity index (χ1) is 6.59. The molecular weight excluding hydrogens is 181 g/mol. The van der Waals surface area contributed by atoms with Crippen LogP contribution in [0.5, 0.6) is 0 Å². The lowest BCUT2D eigenvalue weighted by Crippen LogP contribution is -2.39. The van der Waals surface area contributed by atoms with Gasteiger partial charge in [-0.3, -0.25) is 0 Å². The van der Waals surface area contributed by atoms with Crippen LogP contribution < -0.4 is 5.73 Å². The molecule has 1 aromatic rings. The molecule has 1 rings (SSSR count). The van der Waals surface area contributed by atoms with Crippen LogP contribution in [0, 0.1) is 5.82 Å². The summed E-state index contributed by atoms with van der Waals surface area (Å²) in [6.45, 7) is 2.11. The van der Waals surface area contributed by atoms with Crippen LogP contribution in [0.4, 0.5) is 4.39 Å². The molecule has 0 radical (unpaired) electrons. The first-order valence-corrected chi connectivity index (χ1v) is 4.76. The fraction of sp³-hybridized carbons (Fsp3) is 0.455. The Morgan fingerprint density at radius 2 is 1.93 bits per heavy atom. The molecule has 0 aliphatic carbocycles. The average molecular weight is 197 g/mol. The van der Waals surface area contributed by atoms with E-state index in [1.807, 2.05) is 6.92 Å². The van der Waals surface area contributed by atoms with E-state index in [0.717, 1.165) is 5.56 Å². The van der Waals surface area contributed by atoms with Crippen LogP contribution in [0.3, 0.4) is 0 Å². The van der Waals surface area contributed by atoms with Crippen molar-refractivity contribution in [1.29, 1.82) is 0 Å². The maximum Gasteiger partial charge on any atom is 0.123 e. The summed E-state index contributed by atoms with van der Waals surface area (Å²) in [6.07, 6.45) is 1.07. The second kappa shape index (κ2) is 4.53. The summed E-state index contributed by atoms with van der Waals surface area (Å²) in [5.74, 6) is -0.262. The maximum atomic E-state index is 12.6. The average Bonchev–Trinajstić information content (AvgIpc) is 2.21. The summed E-state index contributed by atoms with van der Waals surface area (Å²) in [7, 11) is 0. The lowest BCUT2D eigenvalue weighted by molar-refractivity contribution is 0.0456. The highest BCUT2D eigenvalue weighted by Crippen LogP contribution is 2.16. The molecular formula is C11H16FNO. The molecule has 0 heterocycles. The molecule has 1 unspecified atom stereocenters. The van der Waals surface area contributed by atoms with Gasteiger partial charge in [0.05, 0.1) is 5.60 Å². The molecule has 78 valence electrons. The molecule has 0 saturated heterocycles. The molecule has 1 aromatic carbocycles. The summed E-state index contributed by atoms with van der Waals surface area (Å²) in [5, 5.41) is 9.93. The van der Waals surface area contributed by atoms with Crippen molar-refractivity contribution in [2.45, 2.75) is 25.4 Å². The highest BCUT2D eigenvalue weighted by Gasteiger charge is 2.22. The Kier molecular flexibility index (Phi) is 3.61. The van der Waals surface area contributed by atoms with Crippen LogP contribution in [-0.4, -0.2) is 17.3 Å². The summed E-state index contributed by atoms with van der Waals surface area (Å²) < 4.78 is 12.6. The predicted octanol–water partition coefficient (Wildman–Crippen LogP) is 1.47. The first-order valence-electron chi connectivity index (χ1n) is 4.76. The molecule has 3 heteroatoms.